The molecule has 5 nitrogen and oxygen atoms in total. The van der Waals surface area contributed by atoms with Crippen LogP contribution >= 0.6 is 0 Å². The Balaban J connectivity index is 1.85. The van der Waals surface area contributed by atoms with Crippen LogP contribution in [0.3, 0.4) is 0 Å². The van der Waals surface area contributed by atoms with Gasteiger partial charge in [0, 0.05) is 12.3 Å². The van der Waals surface area contributed by atoms with E-state index in [0.717, 1.165) is 29.7 Å². The average Bonchev–Trinajstić information content (AvgIpc) is 2.94. The fourth-order valence-electron chi connectivity index (χ4n) is 2.26. The van der Waals surface area contributed by atoms with Crippen LogP contribution in [0, 0.1) is 13.8 Å². The predicted octanol–water partition coefficient (Wildman–Crippen LogP) is 1.54. The standard InChI is InChI=1S/C15H20N2O3/c1-10-5-3-6-11(2)14(10)17-13(18)9-16-15(19)12-7-4-8-20-12/h3,5-6,12H,4,7-9H2,1-2H3,(H,16,19)(H,17,18)/t12-/m1/s1. The van der Waals surface area contributed by atoms with E-state index < -0.39 is 6.10 Å². The molecule has 1 fully saturated rings. The van der Waals surface area contributed by atoms with Crippen molar-refractivity contribution in [3.8, 4) is 0 Å². The molecule has 1 aromatic rings. The smallest absolute Gasteiger partial charge is 0.249 e. The number of aryl methyl sites for hydroxylation is 2. The van der Waals surface area contributed by atoms with Crippen LogP contribution in [0.15, 0.2) is 18.2 Å². The zero-order valence-electron chi connectivity index (χ0n) is 11.9. The first-order valence-electron chi connectivity index (χ1n) is 6.83. The van der Waals surface area contributed by atoms with Crippen LogP contribution in [0.4, 0.5) is 5.69 Å². The highest BCUT2D eigenvalue weighted by Crippen LogP contribution is 2.19. The molecular formula is C15H20N2O3. The van der Waals surface area contributed by atoms with E-state index in [1.165, 1.54) is 0 Å². The van der Waals surface area contributed by atoms with Crippen LogP contribution < -0.4 is 10.6 Å². The number of nitrogens with one attached hydrogen (secondary N) is 2. The Bertz CT molecular complexity index is 488. The summed E-state index contributed by atoms with van der Waals surface area (Å²) in [5.74, 6) is -0.437. The van der Waals surface area contributed by atoms with Crippen molar-refractivity contribution in [2.75, 3.05) is 18.5 Å². The number of amides is 2. The molecule has 1 aromatic carbocycles. The van der Waals surface area contributed by atoms with Gasteiger partial charge in [0.1, 0.15) is 6.10 Å². The van der Waals surface area contributed by atoms with Crippen molar-refractivity contribution in [1.29, 1.82) is 0 Å². The fraction of sp³-hybridized carbons (Fsp3) is 0.467. The van der Waals surface area contributed by atoms with Gasteiger partial charge in [-0.15, -0.1) is 0 Å². The molecule has 1 aliphatic rings. The number of hydrogen-bond acceptors (Lipinski definition) is 3. The van der Waals surface area contributed by atoms with Gasteiger partial charge in [-0.1, -0.05) is 18.2 Å². The van der Waals surface area contributed by atoms with E-state index in [1.54, 1.807) is 0 Å². The van der Waals surface area contributed by atoms with Gasteiger partial charge in [0.05, 0.1) is 6.54 Å². The van der Waals surface area contributed by atoms with Crippen molar-refractivity contribution in [3.05, 3.63) is 29.3 Å². The molecule has 0 radical (unpaired) electrons. The van der Waals surface area contributed by atoms with Crippen molar-refractivity contribution in [2.45, 2.75) is 32.8 Å². The molecule has 2 N–H and O–H groups in total. The molecule has 0 spiro atoms. The number of benzene rings is 1. The van der Waals surface area contributed by atoms with Gasteiger partial charge in [0.15, 0.2) is 0 Å². The topological polar surface area (TPSA) is 67.4 Å². The quantitative estimate of drug-likeness (QED) is 0.876. The lowest BCUT2D eigenvalue weighted by Crippen LogP contribution is -2.39. The summed E-state index contributed by atoms with van der Waals surface area (Å²) in [6, 6.07) is 5.82. The van der Waals surface area contributed by atoms with Crippen LogP contribution in [0.5, 0.6) is 0 Å². The summed E-state index contributed by atoms with van der Waals surface area (Å²) in [7, 11) is 0. The summed E-state index contributed by atoms with van der Waals surface area (Å²) >= 11 is 0. The highest BCUT2D eigenvalue weighted by Gasteiger charge is 2.23. The van der Waals surface area contributed by atoms with Gasteiger partial charge in [-0.25, -0.2) is 0 Å². The Labute approximate surface area is 118 Å². The first-order valence-corrected chi connectivity index (χ1v) is 6.83. The number of ether oxygens (including phenoxy) is 1. The molecule has 1 aliphatic heterocycles. The van der Waals surface area contributed by atoms with E-state index in [1.807, 2.05) is 32.0 Å². The first-order chi connectivity index (χ1) is 9.58. The lowest BCUT2D eigenvalue weighted by molar-refractivity contribution is -0.131. The Morgan fingerprint density at radius 2 is 2.00 bits per heavy atom. The summed E-state index contributed by atoms with van der Waals surface area (Å²) in [6.07, 6.45) is 1.22. The molecule has 0 aliphatic carbocycles. The highest BCUT2D eigenvalue weighted by molar-refractivity contribution is 5.96. The van der Waals surface area contributed by atoms with Gasteiger partial charge >= 0.3 is 0 Å². The van der Waals surface area contributed by atoms with Gasteiger partial charge < -0.3 is 15.4 Å². The second kappa shape index (κ2) is 6.52. The molecular weight excluding hydrogens is 256 g/mol. The number of carbonyl (C=O) groups excluding carboxylic acids is 2. The lowest BCUT2D eigenvalue weighted by Gasteiger charge is -2.13. The van der Waals surface area contributed by atoms with Gasteiger partial charge in [-0.05, 0) is 37.8 Å². The van der Waals surface area contributed by atoms with E-state index in [2.05, 4.69) is 10.6 Å². The summed E-state index contributed by atoms with van der Waals surface area (Å²) in [4.78, 5) is 23.6. The Kier molecular flexibility index (Phi) is 4.74. The van der Waals surface area contributed by atoms with Gasteiger partial charge in [0.2, 0.25) is 11.8 Å². The van der Waals surface area contributed by atoms with Crippen molar-refractivity contribution in [1.82, 2.24) is 5.32 Å². The summed E-state index contributed by atoms with van der Waals surface area (Å²) in [5, 5.41) is 5.44. The molecule has 0 aromatic heterocycles. The van der Waals surface area contributed by atoms with Gasteiger partial charge in [-0.2, -0.15) is 0 Å². The highest BCUT2D eigenvalue weighted by atomic mass is 16.5. The average molecular weight is 276 g/mol. The van der Waals surface area contributed by atoms with Crippen molar-refractivity contribution in [2.24, 2.45) is 0 Å². The van der Waals surface area contributed by atoms with Crippen LogP contribution in [-0.4, -0.2) is 31.1 Å². The Hall–Kier alpha value is -1.88. The van der Waals surface area contributed by atoms with E-state index in [4.69, 9.17) is 4.74 Å². The third kappa shape index (κ3) is 3.57. The molecule has 0 unspecified atom stereocenters. The number of para-hydroxylation sites is 1. The normalized spacial score (nSPS) is 17.8. The maximum atomic E-state index is 11.9. The molecule has 108 valence electrons. The summed E-state index contributed by atoms with van der Waals surface area (Å²) < 4.78 is 5.26. The van der Waals surface area contributed by atoms with Gasteiger partial charge in [0.25, 0.3) is 0 Å². The molecule has 1 atom stereocenters. The largest absolute Gasteiger partial charge is 0.368 e. The first kappa shape index (κ1) is 14.5. The van der Waals surface area contributed by atoms with E-state index in [-0.39, 0.29) is 18.4 Å². The van der Waals surface area contributed by atoms with Gasteiger partial charge in [-0.3, -0.25) is 9.59 Å². The molecule has 1 saturated heterocycles. The number of carbonyl (C=O) groups is 2. The van der Waals surface area contributed by atoms with Crippen LogP contribution in [0.25, 0.3) is 0 Å². The molecule has 5 heteroatoms. The zero-order valence-corrected chi connectivity index (χ0v) is 11.9. The molecule has 0 saturated carbocycles. The predicted molar refractivity (Wildman–Crippen MR) is 76.5 cm³/mol. The summed E-state index contributed by atoms with van der Waals surface area (Å²) in [5.41, 5.74) is 2.82. The molecule has 0 bridgehead atoms. The number of rotatable bonds is 4. The SMILES string of the molecule is Cc1cccc(C)c1NC(=O)CNC(=O)[C@H]1CCCO1. The monoisotopic (exact) mass is 276 g/mol. The Morgan fingerprint density at radius 1 is 1.30 bits per heavy atom. The second-order valence-electron chi connectivity index (χ2n) is 5.03. The molecule has 2 amide bonds. The van der Waals surface area contributed by atoms with Crippen LogP contribution in [0.1, 0.15) is 24.0 Å². The van der Waals surface area contributed by atoms with E-state index in [9.17, 15) is 9.59 Å². The maximum Gasteiger partial charge on any atom is 0.249 e. The van der Waals surface area contributed by atoms with Crippen molar-refractivity contribution < 1.29 is 14.3 Å². The minimum atomic E-state index is -0.400. The molecule has 20 heavy (non-hydrogen) atoms. The lowest BCUT2D eigenvalue weighted by atomic mass is 10.1. The minimum Gasteiger partial charge on any atom is -0.368 e. The van der Waals surface area contributed by atoms with Crippen molar-refractivity contribution >= 4 is 17.5 Å². The second-order valence-corrected chi connectivity index (χ2v) is 5.03. The molecule has 2 rings (SSSR count). The number of hydrogen-bond donors (Lipinski definition) is 2. The zero-order chi connectivity index (χ0) is 14.5. The number of anilines is 1. The van der Waals surface area contributed by atoms with Crippen LogP contribution in [-0.2, 0) is 14.3 Å². The fourth-order valence-corrected chi connectivity index (χ4v) is 2.26. The van der Waals surface area contributed by atoms with Crippen molar-refractivity contribution in [3.63, 3.8) is 0 Å². The Morgan fingerprint density at radius 3 is 2.60 bits per heavy atom. The minimum absolute atomic E-state index is 0.0353. The van der Waals surface area contributed by atoms with E-state index in [0.29, 0.717) is 6.61 Å². The summed E-state index contributed by atoms with van der Waals surface area (Å²) in [6.45, 7) is 4.46. The third-order valence-corrected chi connectivity index (χ3v) is 3.39. The molecule has 1 heterocycles. The van der Waals surface area contributed by atoms with E-state index >= 15 is 0 Å². The van der Waals surface area contributed by atoms with Crippen LogP contribution in [0.2, 0.25) is 0 Å². The third-order valence-electron chi connectivity index (χ3n) is 3.39. The maximum absolute atomic E-state index is 11.9.